The van der Waals surface area contributed by atoms with Gasteiger partial charge in [-0.3, -0.25) is 4.79 Å². The Morgan fingerprint density at radius 3 is 2.24 bits per heavy atom. The maximum atomic E-state index is 15.0. The molecule has 2 atom stereocenters. The van der Waals surface area contributed by atoms with Crippen molar-refractivity contribution < 1.29 is 58.3 Å². The van der Waals surface area contributed by atoms with Crippen LogP contribution in [0.4, 0.5) is 36.4 Å². The smallest absolute Gasteiger partial charge is 0.475 e. The molecule has 0 saturated carbocycles. The molecule has 2 heterocycles. The maximum Gasteiger partial charge on any atom is 0.490 e. The van der Waals surface area contributed by atoms with Gasteiger partial charge in [-0.15, -0.1) is 10.2 Å². The summed E-state index contributed by atoms with van der Waals surface area (Å²) in [6.45, 7) is -0.161. The van der Waals surface area contributed by atoms with E-state index >= 15 is 0 Å². The number of hydrogen-bond donors (Lipinski definition) is 3. The molecular formula is C22H17ClF7N5O6S. The number of rotatable bonds is 4. The lowest BCUT2D eigenvalue weighted by Crippen LogP contribution is -2.45. The fraction of sp³-hybridized carbons (Fsp3) is 0.273. The molecular weight excluding hydrogens is 631 g/mol. The van der Waals surface area contributed by atoms with Gasteiger partial charge in [0.1, 0.15) is 5.82 Å². The van der Waals surface area contributed by atoms with Gasteiger partial charge in [-0.05, 0) is 29.8 Å². The van der Waals surface area contributed by atoms with E-state index in [0.717, 1.165) is 11.0 Å². The van der Waals surface area contributed by atoms with E-state index in [9.17, 15) is 43.9 Å². The molecule has 11 nitrogen and oxygen atoms in total. The van der Waals surface area contributed by atoms with Crippen LogP contribution in [-0.4, -0.2) is 59.7 Å². The topological polar surface area (TPSA) is 183 Å². The van der Waals surface area contributed by atoms with Gasteiger partial charge >= 0.3 is 18.3 Å². The summed E-state index contributed by atoms with van der Waals surface area (Å²) in [6.07, 6.45) is -9.98. The molecule has 1 aromatic heterocycles. The number of anilines is 1. The Morgan fingerprint density at radius 1 is 1.14 bits per heavy atom. The first-order chi connectivity index (χ1) is 19.2. The van der Waals surface area contributed by atoms with Crippen molar-refractivity contribution in [2.24, 2.45) is 11.5 Å². The van der Waals surface area contributed by atoms with E-state index in [0.29, 0.717) is 16.7 Å². The lowest BCUT2D eigenvalue weighted by atomic mass is 10.1. The zero-order valence-corrected chi connectivity index (χ0v) is 22.0. The minimum Gasteiger partial charge on any atom is -0.475 e. The minimum absolute atomic E-state index is 0.161. The van der Waals surface area contributed by atoms with E-state index in [1.54, 1.807) is 24.3 Å². The molecule has 228 valence electrons. The summed E-state index contributed by atoms with van der Waals surface area (Å²) in [4.78, 5) is 22.4. The largest absolute Gasteiger partial charge is 0.490 e. The Morgan fingerprint density at radius 2 is 1.71 bits per heavy atom. The first kappa shape index (κ1) is 32.7. The number of carboxylic acids is 1. The number of carboxylic acid groups (broad SMARTS) is 1. The van der Waals surface area contributed by atoms with Gasteiger partial charge in [-0.2, -0.15) is 26.3 Å². The van der Waals surface area contributed by atoms with Crippen molar-refractivity contribution in [1.29, 1.82) is 0 Å². The van der Waals surface area contributed by atoms with Crippen LogP contribution in [0.3, 0.4) is 0 Å². The number of sulfone groups is 1. The number of carbonyl (C=O) groups excluding carboxylic acids is 1. The second kappa shape index (κ2) is 11.8. The predicted octanol–water partition coefficient (Wildman–Crippen LogP) is 3.37. The second-order valence-electron chi connectivity index (χ2n) is 8.51. The third-order valence-corrected chi connectivity index (χ3v) is 7.49. The highest BCUT2D eigenvalue weighted by molar-refractivity contribution is 7.91. The maximum absolute atomic E-state index is 15.0. The highest BCUT2D eigenvalue weighted by Crippen LogP contribution is 2.38. The zero-order valence-electron chi connectivity index (χ0n) is 20.4. The number of hydrogen-bond acceptors (Lipinski definition) is 9. The number of benzene rings is 2. The lowest BCUT2D eigenvalue weighted by molar-refractivity contribution is -0.192. The molecule has 1 aliphatic heterocycles. The van der Waals surface area contributed by atoms with Crippen LogP contribution < -0.4 is 16.4 Å². The molecule has 1 unspecified atom stereocenters. The fourth-order valence-electron chi connectivity index (χ4n) is 3.43. The molecule has 0 fully saturated rings. The highest BCUT2D eigenvalue weighted by atomic mass is 35.5. The molecule has 42 heavy (non-hydrogen) atoms. The number of nitrogens with two attached hydrogens (primary N) is 2. The van der Waals surface area contributed by atoms with E-state index in [1.807, 2.05) is 0 Å². The SMILES string of the molecule is NC(c1nnc(-c2cc3c(cc2F)S(=O)(=O)C[C@H](N)C(=O)N3Cc2ccc(Cl)cc2)o1)C(F)(F)F.O=C(O)C(F)(F)F. The molecule has 2 aromatic carbocycles. The average molecular weight is 648 g/mol. The molecule has 20 heteroatoms. The van der Waals surface area contributed by atoms with Gasteiger partial charge in [-0.25, -0.2) is 17.6 Å². The Balaban J connectivity index is 0.000000616. The number of fused-ring (bicyclic) bond motifs is 1. The Kier molecular flexibility index (Phi) is 9.20. The van der Waals surface area contributed by atoms with E-state index in [1.165, 1.54) is 0 Å². The number of halogens is 8. The van der Waals surface area contributed by atoms with Crippen LogP contribution >= 0.6 is 11.6 Å². The first-order valence-corrected chi connectivity index (χ1v) is 13.1. The summed E-state index contributed by atoms with van der Waals surface area (Å²) in [7, 11) is -4.23. The molecule has 5 N–H and O–H groups in total. The molecule has 0 aliphatic carbocycles. The molecule has 0 bridgehead atoms. The number of nitrogens with zero attached hydrogens (tertiary/aromatic N) is 3. The molecule has 0 radical (unpaired) electrons. The highest BCUT2D eigenvalue weighted by Gasteiger charge is 2.42. The number of carbonyl (C=O) groups is 2. The number of amides is 1. The third-order valence-electron chi connectivity index (χ3n) is 5.44. The van der Waals surface area contributed by atoms with E-state index in [-0.39, 0.29) is 12.2 Å². The zero-order chi connectivity index (χ0) is 31.8. The molecule has 1 amide bonds. The van der Waals surface area contributed by atoms with Crippen LogP contribution in [0.5, 0.6) is 0 Å². The predicted molar refractivity (Wildman–Crippen MR) is 129 cm³/mol. The van der Waals surface area contributed by atoms with E-state index in [4.69, 9.17) is 37.4 Å². The van der Waals surface area contributed by atoms with Gasteiger partial charge < -0.3 is 25.9 Å². The van der Waals surface area contributed by atoms with Crippen LogP contribution in [0.15, 0.2) is 45.7 Å². The van der Waals surface area contributed by atoms with Crippen molar-refractivity contribution in [3.8, 4) is 11.5 Å². The molecule has 1 aliphatic rings. The van der Waals surface area contributed by atoms with Gasteiger partial charge in [-0.1, -0.05) is 23.7 Å². The summed E-state index contributed by atoms with van der Waals surface area (Å²) in [6, 6.07) is 3.78. The van der Waals surface area contributed by atoms with E-state index < -0.39 is 80.0 Å². The normalized spacial score (nSPS) is 17.5. The van der Waals surface area contributed by atoms with Gasteiger partial charge in [0.2, 0.25) is 11.8 Å². The van der Waals surface area contributed by atoms with E-state index in [2.05, 4.69) is 10.2 Å². The Labute approximate surface area is 235 Å². The summed E-state index contributed by atoms with van der Waals surface area (Å²) < 4.78 is 116. The second-order valence-corrected chi connectivity index (χ2v) is 10.9. The fourth-order valence-corrected chi connectivity index (χ4v) is 5.12. The standard InChI is InChI=1S/C20H16ClF4N5O4S.C2HF3O2/c21-10-3-1-9(2-4-10)7-30-14-5-11(17-28-29-18(34-17)16(27)20(23,24)25)12(22)6-15(14)35(32,33)8-13(26)19(30)31;3-2(4,5)1(6)7/h1-6,13,16H,7-8,26-27H2;(H,6,7)/t13-,16?;/m0./s1. The van der Waals surface area contributed by atoms with Gasteiger partial charge in [0, 0.05) is 5.02 Å². The van der Waals surface area contributed by atoms with Crippen molar-refractivity contribution in [1.82, 2.24) is 10.2 Å². The number of aliphatic carboxylic acids is 1. The van der Waals surface area contributed by atoms with Crippen LogP contribution in [-0.2, 0) is 26.0 Å². The molecule has 4 rings (SSSR count). The molecule has 0 saturated heterocycles. The van der Waals surface area contributed by atoms with Crippen molar-refractivity contribution >= 4 is 39.0 Å². The van der Waals surface area contributed by atoms with Crippen molar-refractivity contribution in [2.45, 2.75) is 35.9 Å². The summed E-state index contributed by atoms with van der Waals surface area (Å²) in [5, 5.41) is 14.2. The Bertz CT molecular complexity index is 1600. The van der Waals surface area contributed by atoms with Crippen molar-refractivity contribution in [3.05, 3.63) is 58.7 Å². The van der Waals surface area contributed by atoms with Crippen molar-refractivity contribution in [3.63, 3.8) is 0 Å². The van der Waals surface area contributed by atoms with Crippen LogP contribution in [0.1, 0.15) is 17.5 Å². The van der Waals surface area contributed by atoms with Crippen LogP contribution in [0.2, 0.25) is 5.02 Å². The first-order valence-electron chi connectivity index (χ1n) is 11.1. The van der Waals surface area contributed by atoms with Crippen LogP contribution in [0.25, 0.3) is 11.5 Å². The Hall–Kier alpha value is -3.81. The molecule has 0 spiro atoms. The van der Waals surface area contributed by atoms with Crippen LogP contribution in [0, 0.1) is 5.82 Å². The van der Waals surface area contributed by atoms with Gasteiger partial charge in [0.05, 0.1) is 34.5 Å². The lowest BCUT2D eigenvalue weighted by Gasteiger charge is -2.24. The minimum atomic E-state index is -5.08. The summed E-state index contributed by atoms with van der Waals surface area (Å²) in [5.74, 6) is -7.20. The summed E-state index contributed by atoms with van der Waals surface area (Å²) >= 11 is 5.89. The number of aromatic nitrogens is 2. The van der Waals surface area contributed by atoms with Gasteiger partial charge in [0.25, 0.3) is 5.89 Å². The monoisotopic (exact) mass is 647 g/mol. The van der Waals surface area contributed by atoms with Gasteiger partial charge in [0.15, 0.2) is 15.9 Å². The number of alkyl halides is 6. The van der Waals surface area contributed by atoms with Crippen molar-refractivity contribution in [2.75, 3.05) is 10.7 Å². The summed E-state index contributed by atoms with van der Waals surface area (Å²) in [5.41, 5.74) is 10.6. The third kappa shape index (κ3) is 7.33. The average Bonchev–Trinajstić information content (AvgIpc) is 3.34. The quantitative estimate of drug-likeness (QED) is 0.355. The molecule has 3 aromatic rings.